The fourth-order valence-electron chi connectivity index (χ4n) is 6.22. The van der Waals surface area contributed by atoms with Crippen molar-refractivity contribution in [2.45, 2.75) is 168 Å². The molecule has 1 heterocycles. The van der Waals surface area contributed by atoms with Gasteiger partial charge in [0.1, 0.15) is 7.05 Å². The van der Waals surface area contributed by atoms with Gasteiger partial charge in [0.15, 0.2) is 12.4 Å². The zero-order valence-corrected chi connectivity index (χ0v) is 28.4. The van der Waals surface area contributed by atoms with Crippen molar-refractivity contribution in [3.05, 3.63) is 48.8 Å². The molecule has 2 heteroatoms. The van der Waals surface area contributed by atoms with Crippen LogP contribution in [0.2, 0.25) is 0 Å². The van der Waals surface area contributed by atoms with Gasteiger partial charge in [-0.15, -0.1) is 0 Å². The fraction of sp³-hybridized carbons (Fsp3) is 0.725. The molecule has 42 heavy (non-hydrogen) atoms. The molecular formula is C40H69N2+. The highest BCUT2D eigenvalue weighted by Gasteiger charge is 2.08. The summed E-state index contributed by atoms with van der Waals surface area (Å²) in [5, 5.41) is 0. The van der Waals surface area contributed by atoms with Gasteiger partial charge in [-0.1, -0.05) is 167 Å². The summed E-state index contributed by atoms with van der Waals surface area (Å²) in [6.45, 7) is 7.02. The molecule has 0 aliphatic carbocycles. The van der Waals surface area contributed by atoms with Crippen molar-refractivity contribution >= 4 is 5.69 Å². The molecule has 0 aliphatic heterocycles. The molecule has 1 aromatic heterocycles. The molecule has 2 nitrogen and oxygen atoms in total. The molecular weight excluding hydrogens is 508 g/mol. The average molecular weight is 578 g/mol. The number of nitrogens with zero attached hydrogens (tertiary/aromatic N) is 2. The molecule has 1 aromatic carbocycles. The van der Waals surface area contributed by atoms with E-state index in [0.717, 1.165) is 0 Å². The predicted octanol–water partition coefficient (Wildman–Crippen LogP) is 12.4. The molecule has 0 radical (unpaired) electrons. The van der Waals surface area contributed by atoms with Crippen LogP contribution >= 0.6 is 0 Å². The van der Waals surface area contributed by atoms with Crippen molar-refractivity contribution in [2.24, 2.45) is 7.05 Å². The van der Waals surface area contributed by atoms with Gasteiger partial charge in [0.2, 0.25) is 0 Å². The van der Waals surface area contributed by atoms with Gasteiger partial charge < -0.3 is 4.90 Å². The first kappa shape index (κ1) is 36.4. The summed E-state index contributed by atoms with van der Waals surface area (Å²) in [6, 6.07) is 13.8. The number of unbranched alkanes of at least 4 members (excludes halogenated alkanes) is 22. The van der Waals surface area contributed by atoms with Crippen molar-refractivity contribution in [1.82, 2.24) is 0 Å². The first-order valence-corrected chi connectivity index (χ1v) is 18.5. The molecule has 238 valence electrons. The van der Waals surface area contributed by atoms with Crippen LogP contribution in [0.25, 0.3) is 11.1 Å². The normalized spacial score (nSPS) is 11.3. The van der Waals surface area contributed by atoms with Gasteiger partial charge in [-0.25, -0.2) is 4.57 Å². The number of hydrogen-bond donors (Lipinski definition) is 0. The van der Waals surface area contributed by atoms with E-state index in [1.54, 1.807) is 0 Å². The molecule has 2 aromatic rings. The summed E-state index contributed by atoms with van der Waals surface area (Å²) in [4.78, 5) is 2.68. The summed E-state index contributed by atoms with van der Waals surface area (Å²) in [5.74, 6) is 0. The van der Waals surface area contributed by atoms with Crippen LogP contribution in [0.15, 0.2) is 48.8 Å². The van der Waals surface area contributed by atoms with Crippen molar-refractivity contribution in [1.29, 1.82) is 0 Å². The summed E-state index contributed by atoms with van der Waals surface area (Å²) < 4.78 is 2.10. The molecule has 0 fully saturated rings. The minimum absolute atomic E-state index is 1.20. The third-order valence-corrected chi connectivity index (χ3v) is 9.11. The number of pyridine rings is 1. The Balaban J connectivity index is 1.68. The molecule has 0 aliphatic rings. The average Bonchev–Trinajstić information content (AvgIpc) is 3.01. The van der Waals surface area contributed by atoms with Crippen molar-refractivity contribution in [3.8, 4) is 11.1 Å². The molecule has 0 N–H and O–H groups in total. The first-order valence-electron chi connectivity index (χ1n) is 18.5. The second-order valence-electron chi connectivity index (χ2n) is 13.1. The largest absolute Gasteiger partial charge is 0.372 e. The molecule has 0 saturated carbocycles. The number of benzene rings is 1. The van der Waals surface area contributed by atoms with Gasteiger partial charge in [0, 0.05) is 30.9 Å². The molecule has 0 bridgehead atoms. The monoisotopic (exact) mass is 578 g/mol. The summed E-state index contributed by atoms with van der Waals surface area (Å²) >= 11 is 0. The Kier molecular flexibility index (Phi) is 22.2. The van der Waals surface area contributed by atoms with E-state index in [2.05, 4.69) is 79.2 Å². The Morgan fingerprint density at radius 2 is 0.714 bits per heavy atom. The van der Waals surface area contributed by atoms with Crippen molar-refractivity contribution in [3.63, 3.8) is 0 Å². The van der Waals surface area contributed by atoms with E-state index in [-0.39, 0.29) is 0 Å². The van der Waals surface area contributed by atoms with Gasteiger partial charge in [-0.05, 0) is 36.1 Å². The first-order chi connectivity index (χ1) is 20.7. The number of aryl methyl sites for hydroxylation is 1. The second kappa shape index (κ2) is 25.6. The van der Waals surface area contributed by atoms with Crippen molar-refractivity contribution in [2.75, 3.05) is 18.0 Å². The number of anilines is 1. The molecule has 2 rings (SSSR count). The van der Waals surface area contributed by atoms with Gasteiger partial charge in [0.05, 0.1) is 0 Å². The standard InChI is InChI=1S/C40H69N2/c1-4-6-8-10-12-14-16-18-20-22-24-26-34-42(35-27-25-23-21-19-17-15-13-11-9-7-5-2)40-30-28-38(29-31-40)39-32-36-41(3)37-33-39/h28-33,36-37H,4-27,34-35H2,1-3H3/q+1. The Labute approximate surface area is 262 Å². The highest BCUT2D eigenvalue weighted by Crippen LogP contribution is 2.24. The van der Waals surface area contributed by atoms with Gasteiger partial charge in [-0.3, -0.25) is 0 Å². The van der Waals surface area contributed by atoms with E-state index in [1.165, 1.54) is 184 Å². The van der Waals surface area contributed by atoms with Crippen LogP contribution in [0.4, 0.5) is 5.69 Å². The Hall–Kier alpha value is -1.83. The van der Waals surface area contributed by atoms with Crippen LogP contribution in [0.5, 0.6) is 0 Å². The number of hydrogen-bond acceptors (Lipinski definition) is 1. The van der Waals surface area contributed by atoms with E-state index in [4.69, 9.17) is 0 Å². The van der Waals surface area contributed by atoms with E-state index < -0.39 is 0 Å². The minimum atomic E-state index is 1.20. The zero-order chi connectivity index (χ0) is 29.9. The third kappa shape index (κ3) is 18.0. The lowest BCUT2D eigenvalue weighted by Gasteiger charge is -2.25. The summed E-state index contributed by atoms with van der Waals surface area (Å²) in [6.07, 6.45) is 38.3. The van der Waals surface area contributed by atoms with Crippen molar-refractivity contribution < 1.29 is 4.57 Å². The Morgan fingerprint density at radius 3 is 1.07 bits per heavy atom. The summed E-state index contributed by atoms with van der Waals surface area (Å²) in [5.41, 5.74) is 4.02. The van der Waals surface area contributed by atoms with Crippen LogP contribution in [0.1, 0.15) is 168 Å². The van der Waals surface area contributed by atoms with Crippen LogP contribution in [-0.4, -0.2) is 13.1 Å². The van der Waals surface area contributed by atoms with Gasteiger partial charge in [-0.2, -0.15) is 0 Å². The number of aromatic nitrogens is 1. The molecule has 0 saturated heterocycles. The minimum Gasteiger partial charge on any atom is -0.372 e. The van der Waals surface area contributed by atoms with Crippen LogP contribution in [0, 0.1) is 0 Å². The smallest absolute Gasteiger partial charge is 0.169 e. The lowest BCUT2D eigenvalue weighted by Crippen LogP contribution is -2.26. The second-order valence-corrected chi connectivity index (χ2v) is 13.1. The summed E-state index contributed by atoms with van der Waals surface area (Å²) in [7, 11) is 2.08. The Bertz CT molecular complexity index is 813. The maximum absolute atomic E-state index is 2.68. The Morgan fingerprint density at radius 1 is 0.405 bits per heavy atom. The molecule has 0 spiro atoms. The molecule has 0 amide bonds. The van der Waals surface area contributed by atoms with Gasteiger partial charge in [0.25, 0.3) is 0 Å². The third-order valence-electron chi connectivity index (χ3n) is 9.11. The molecule has 0 unspecified atom stereocenters. The van der Waals surface area contributed by atoms with E-state index in [0.29, 0.717) is 0 Å². The predicted molar refractivity (Wildman–Crippen MR) is 187 cm³/mol. The van der Waals surface area contributed by atoms with E-state index in [9.17, 15) is 0 Å². The highest BCUT2D eigenvalue weighted by molar-refractivity contribution is 5.65. The molecule has 0 atom stereocenters. The van der Waals surface area contributed by atoms with Crippen LogP contribution in [0.3, 0.4) is 0 Å². The zero-order valence-electron chi connectivity index (χ0n) is 28.4. The van der Waals surface area contributed by atoms with E-state index in [1.807, 2.05) is 0 Å². The lowest BCUT2D eigenvalue weighted by molar-refractivity contribution is -0.671. The maximum atomic E-state index is 2.68. The van der Waals surface area contributed by atoms with E-state index >= 15 is 0 Å². The fourth-order valence-corrected chi connectivity index (χ4v) is 6.22. The lowest BCUT2D eigenvalue weighted by atomic mass is 10.0. The highest BCUT2D eigenvalue weighted by atomic mass is 15.1. The maximum Gasteiger partial charge on any atom is 0.169 e. The SMILES string of the molecule is CCCCCCCCCCCCCCN(CCCCCCCCCCCCCC)c1ccc(-c2cc[n+](C)cc2)cc1. The van der Waals surface area contributed by atoms with Gasteiger partial charge >= 0.3 is 0 Å². The number of rotatable bonds is 28. The van der Waals surface area contributed by atoms with Crippen LogP contribution in [-0.2, 0) is 7.05 Å². The quantitative estimate of drug-likeness (QED) is 0.0720. The van der Waals surface area contributed by atoms with Crippen LogP contribution < -0.4 is 9.47 Å². The topological polar surface area (TPSA) is 7.12 Å².